The molecule has 2 aromatic carbocycles. The molecule has 1 aliphatic heterocycles. The molecule has 4 rings (SSSR count). The van der Waals surface area contributed by atoms with Crippen LogP contribution in [0, 0.1) is 5.41 Å². The molecule has 2 aliphatic rings. The summed E-state index contributed by atoms with van der Waals surface area (Å²) in [6.07, 6.45) is 3.44. The molecule has 2 amide bonds. The van der Waals surface area contributed by atoms with Gasteiger partial charge >= 0.3 is 0 Å². The highest BCUT2D eigenvalue weighted by molar-refractivity contribution is 6.00. The molecule has 7 nitrogen and oxygen atoms in total. The van der Waals surface area contributed by atoms with Crippen molar-refractivity contribution < 1.29 is 14.3 Å². The fourth-order valence-electron chi connectivity index (χ4n) is 4.99. The zero-order valence-corrected chi connectivity index (χ0v) is 20.2. The molecule has 0 aromatic heterocycles. The van der Waals surface area contributed by atoms with Gasteiger partial charge in [-0.3, -0.25) is 19.9 Å². The average Bonchev–Trinajstić information content (AvgIpc) is 3.23. The molecule has 0 saturated carbocycles. The lowest BCUT2D eigenvalue weighted by Crippen LogP contribution is -2.61. The van der Waals surface area contributed by atoms with E-state index in [1.807, 2.05) is 44.2 Å². The lowest BCUT2D eigenvalue weighted by Gasteiger charge is -2.43. The summed E-state index contributed by atoms with van der Waals surface area (Å²) in [5.41, 5.74) is 3.41. The van der Waals surface area contributed by atoms with Crippen molar-refractivity contribution in [1.82, 2.24) is 15.5 Å². The summed E-state index contributed by atoms with van der Waals surface area (Å²) in [5.74, 6) is -0.128. The van der Waals surface area contributed by atoms with Gasteiger partial charge in [0.1, 0.15) is 0 Å². The number of rotatable bonds is 8. The van der Waals surface area contributed by atoms with Crippen molar-refractivity contribution in [3.05, 3.63) is 70.8 Å². The molecule has 0 radical (unpaired) electrons. The smallest absolute Gasteiger partial charge is 0.251 e. The van der Waals surface area contributed by atoms with Crippen LogP contribution in [0.3, 0.4) is 0 Å². The van der Waals surface area contributed by atoms with Crippen LogP contribution in [0.2, 0.25) is 0 Å². The van der Waals surface area contributed by atoms with E-state index in [1.54, 1.807) is 13.2 Å². The predicted molar refractivity (Wildman–Crippen MR) is 132 cm³/mol. The minimum absolute atomic E-state index is 0.00409. The summed E-state index contributed by atoms with van der Waals surface area (Å²) in [7, 11) is 1.62. The Morgan fingerprint density at radius 2 is 2.09 bits per heavy atom. The van der Waals surface area contributed by atoms with Gasteiger partial charge in [0, 0.05) is 24.8 Å². The lowest BCUT2D eigenvalue weighted by atomic mass is 9.90. The van der Waals surface area contributed by atoms with Crippen LogP contribution in [-0.2, 0) is 16.0 Å². The molecule has 2 aromatic rings. The maximum atomic E-state index is 13.2. The van der Waals surface area contributed by atoms with Gasteiger partial charge in [0.15, 0.2) is 5.96 Å². The van der Waals surface area contributed by atoms with E-state index >= 15 is 0 Å². The van der Waals surface area contributed by atoms with Crippen molar-refractivity contribution in [2.45, 2.75) is 63.6 Å². The second-order valence-electron chi connectivity index (χ2n) is 9.51. The van der Waals surface area contributed by atoms with Crippen LogP contribution >= 0.6 is 0 Å². The maximum absolute atomic E-state index is 13.2. The van der Waals surface area contributed by atoms with Crippen LogP contribution in [0.5, 0.6) is 0 Å². The Hall–Kier alpha value is -3.19. The number of carbonyl (C=O) groups excluding carboxylic acids is 2. The zero-order chi connectivity index (χ0) is 24.3. The predicted octanol–water partition coefficient (Wildman–Crippen LogP) is 4.11. The Balaban J connectivity index is 1.56. The largest absolute Gasteiger partial charge is 0.385 e. The second kappa shape index (κ2) is 9.97. The van der Waals surface area contributed by atoms with Crippen LogP contribution in [0.25, 0.3) is 0 Å². The molecule has 1 heterocycles. The van der Waals surface area contributed by atoms with Crippen molar-refractivity contribution in [2.75, 3.05) is 13.7 Å². The van der Waals surface area contributed by atoms with Gasteiger partial charge in [-0.25, -0.2) is 0 Å². The van der Waals surface area contributed by atoms with E-state index in [1.165, 1.54) is 16.0 Å². The topological polar surface area (TPSA) is 94.5 Å². The summed E-state index contributed by atoms with van der Waals surface area (Å²) in [5, 5.41) is 15.0. The third-order valence-electron chi connectivity index (χ3n) is 7.13. The third kappa shape index (κ3) is 4.85. The van der Waals surface area contributed by atoms with Gasteiger partial charge in [0.2, 0.25) is 5.91 Å². The Kier molecular flexibility index (Phi) is 7.03. The fraction of sp³-hybridized carbons (Fsp3) is 0.444. The molecule has 0 bridgehead atoms. The maximum Gasteiger partial charge on any atom is 0.251 e. The summed E-state index contributed by atoms with van der Waals surface area (Å²) >= 11 is 0. The molecule has 3 N–H and O–H groups in total. The molecule has 0 spiro atoms. The molecule has 3 atom stereocenters. The van der Waals surface area contributed by atoms with Crippen LogP contribution in [0.1, 0.15) is 78.7 Å². The number of nitrogens with zero attached hydrogens (tertiary/aromatic N) is 1. The third-order valence-corrected chi connectivity index (χ3v) is 7.13. The summed E-state index contributed by atoms with van der Waals surface area (Å²) in [4.78, 5) is 27.8. The van der Waals surface area contributed by atoms with E-state index in [0.717, 1.165) is 24.8 Å². The minimum Gasteiger partial charge on any atom is -0.385 e. The Labute approximate surface area is 201 Å². The average molecular weight is 463 g/mol. The fourth-order valence-corrected chi connectivity index (χ4v) is 4.99. The number of aryl methyl sites for hydroxylation is 1. The van der Waals surface area contributed by atoms with E-state index < -0.39 is 11.6 Å². The molecule has 1 aliphatic carbocycles. The first-order valence-corrected chi connectivity index (χ1v) is 12.0. The van der Waals surface area contributed by atoms with Crippen LogP contribution in [0.4, 0.5) is 0 Å². The molecule has 180 valence electrons. The number of hydrogen-bond acceptors (Lipinski definition) is 4. The van der Waals surface area contributed by atoms with E-state index in [9.17, 15) is 9.59 Å². The number of benzene rings is 2. The van der Waals surface area contributed by atoms with Crippen LogP contribution in [-0.4, -0.2) is 41.9 Å². The molecule has 2 unspecified atom stereocenters. The van der Waals surface area contributed by atoms with E-state index in [0.29, 0.717) is 25.0 Å². The highest BCUT2D eigenvalue weighted by Crippen LogP contribution is 2.33. The van der Waals surface area contributed by atoms with Gasteiger partial charge < -0.3 is 15.4 Å². The van der Waals surface area contributed by atoms with Gasteiger partial charge in [-0.1, -0.05) is 43.3 Å². The first-order valence-electron chi connectivity index (χ1n) is 12.0. The number of carbonyl (C=O) groups is 2. The number of amides is 2. The first-order chi connectivity index (χ1) is 16.3. The monoisotopic (exact) mass is 462 g/mol. The zero-order valence-electron chi connectivity index (χ0n) is 20.2. The Bertz CT molecular complexity index is 1070. The highest BCUT2D eigenvalue weighted by atomic mass is 16.5. The molecular formula is C27H34N4O3. The SMILES string of the molecule is CCC1(C)CC(=O)N(C(CCOC)c2cccc(C(=O)N[C@H]3CCc4ccccc43)c2)C(=N)N1. The van der Waals surface area contributed by atoms with E-state index in [2.05, 4.69) is 22.8 Å². The number of ether oxygens (including phenoxy) is 1. The quantitative estimate of drug-likeness (QED) is 0.550. The Morgan fingerprint density at radius 3 is 2.82 bits per heavy atom. The van der Waals surface area contributed by atoms with Crippen molar-refractivity contribution >= 4 is 17.8 Å². The van der Waals surface area contributed by atoms with Gasteiger partial charge in [-0.2, -0.15) is 0 Å². The van der Waals surface area contributed by atoms with E-state index in [4.69, 9.17) is 10.1 Å². The lowest BCUT2D eigenvalue weighted by molar-refractivity contribution is -0.132. The Morgan fingerprint density at radius 1 is 1.29 bits per heavy atom. The molecular weight excluding hydrogens is 428 g/mol. The van der Waals surface area contributed by atoms with E-state index in [-0.39, 0.29) is 23.8 Å². The van der Waals surface area contributed by atoms with Gasteiger partial charge in [0.05, 0.1) is 18.5 Å². The van der Waals surface area contributed by atoms with Crippen molar-refractivity contribution in [1.29, 1.82) is 5.41 Å². The van der Waals surface area contributed by atoms with Gasteiger partial charge in [-0.05, 0) is 61.4 Å². The molecule has 1 fully saturated rings. The summed E-state index contributed by atoms with van der Waals surface area (Å²) < 4.78 is 5.31. The second-order valence-corrected chi connectivity index (χ2v) is 9.51. The van der Waals surface area contributed by atoms with Crippen LogP contribution < -0.4 is 10.6 Å². The van der Waals surface area contributed by atoms with Gasteiger partial charge in [0.25, 0.3) is 5.91 Å². The normalized spacial score (nSPS) is 22.8. The van der Waals surface area contributed by atoms with Crippen molar-refractivity contribution in [3.63, 3.8) is 0 Å². The summed E-state index contributed by atoms with van der Waals surface area (Å²) in [6.45, 7) is 4.41. The summed E-state index contributed by atoms with van der Waals surface area (Å²) in [6, 6.07) is 15.2. The van der Waals surface area contributed by atoms with Gasteiger partial charge in [-0.15, -0.1) is 0 Å². The first kappa shape index (κ1) is 24.0. The number of fused-ring (bicyclic) bond motifs is 1. The van der Waals surface area contributed by atoms with Crippen molar-refractivity contribution in [3.8, 4) is 0 Å². The van der Waals surface area contributed by atoms with Crippen molar-refractivity contribution in [2.24, 2.45) is 0 Å². The standard InChI is InChI=1S/C27H34N4O3/c1-4-27(2)17-24(32)31(26(28)30-27)23(14-15-34-3)19-9-7-10-20(16-19)25(33)29-22-13-12-18-8-5-6-11-21(18)22/h5-11,16,22-23H,4,12-15,17H2,1-3H3,(H2,28,30)(H,29,33)/t22-,23?,27?/m0/s1. The minimum atomic E-state index is -0.421. The number of nitrogens with one attached hydrogen (secondary N) is 3. The molecule has 7 heteroatoms. The highest BCUT2D eigenvalue weighted by Gasteiger charge is 2.40. The number of guanidine groups is 1. The molecule has 1 saturated heterocycles. The van der Waals surface area contributed by atoms with Crippen LogP contribution in [0.15, 0.2) is 48.5 Å². The molecule has 34 heavy (non-hydrogen) atoms. The number of hydrogen-bond donors (Lipinski definition) is 3. The number of methoxy groups -OCH3 is 1.